The molecular weight excluding hydrogens is 180 g/mol. The fraction of sp³-hybridized carbons (Fsp3) is 0.182. The van der Waals surface area contributed by atoms with Gasteiger partial charge in [0.05, 0.1) is 4.88 Å². The Labute approximate surface area is 81.0 Å². The van der Waals surface area contributed by atoms with Gasteiger partial charge in [-0.15, -0.1) is 11.3 Å². The van der Waals surface area contributed by atoms with Gasteiger partial charge in [-0.3, -0.25) is 4.79 Å². The SMILES string of the molecule is CCC(=O)c1scc2ccccc12. The molecule has 0 aliphatic carbocycles. The van der Waals surface area contributed by atoms with Crippen molar-refractivity contribution in [2.24, 2.45) is 0 Å². The lowest BCUT2D eigenvalue weighted by molar-refractivity contribution is 0.0993. The molecular formula is C11H10OS. The topological polar surface area (TPSA) is 17.1 Å². The van der Waals surface area contributed by atoms with Crippen molar-refractivity contribution in [3.63, 3.8) is 0 Å². The van der Waals surface area contributed by atoms with Crippen LogP contribution in [0.2, 0.25) is 0 Å². The van der Waals surface area contributed by atoms with Gasteiger partial charge in [0.25, 0.3) is 0 Å². The molecule has 2 rings (SSSR count). The zero-order chi connectivity index (χ0) is 9.26. The molecule has 0 atom stereocenters. The average molecular weight is 190 g/mol. The van der Waals surface area contributed by atoms with E-state index in [2.05, 4.69) is 0 Å². The maximum Gasteiger partial charge on any atom is 0.173 e. The fourth-order valence-corrected chi connectivity index (χ4v) is 2.41. The van der Waals surface area contributed by atoms with Gasteiger partial charge in [-0.1, -0.05) is 31.2 Å². The lowest BCUT2D eigenvalue weighted by Gasteiger charge is -1.93. The Bertz CT molecular complexity index is 442. The summed E-state index contributed by atoms with van der Waals surface area (Å²) in [6.45, 7) is 1.90. The Morgan fingerprint density at radius 1 is 1.38 bits per heavy atom. The third-order valence-electron chi connectivity index (χ3n) is 2.08. The smallest absolute Gasteiger partial charge is 0.173 e. The van der Waals surface area contributed by atoms with Crippen molar-refractivity contribution < 1.29 is 4.79 Å². The Balaban J connectivity index is 2.64. The highest BCUT2D eigenvalue weighted by Gasteiger charge is 2.09. The molecule has 13 heavy (non-hydrogen) atoms. The van der Waals surface area contributed by atoms with Gasteiger partial charge in [-0.25, -0.2) is 0 Å². The number of fused-ring (bicyclic) bond motifs is 1. The van der Waals surface area contributed by atoms with Gasteiger partial charge in [0, 0.05) is 11.8 Å². The monoisotopic (exact) mass is 190 g/mol. The molecule has 0 saturated carbocycles. The molecule has 66 valence electrons. The summed E-state index contributed by atoms with van der Waals surface area (Å²) >= 11 is 1.55. The van der Waals surface area contributed by atoms with E-state index in [9.17, 15) is 4.79 Å². The summed E-state index contributed by atoms with van der Waals surface area (Å²) in [6.07, 6.45) is 0.588. The Hall–Kier alpha value is -1.15. The van der Waals surface area contributed by atoms with Crippen molar-refractivity contribution in [2.75, 3.05) is 0 Å². The molecule has 0 saturated heterocycles. The second kappa shape index (κ2) is 3.30. The third-order valence-corrected chi connectivity index (χ3v) is 3.14. The van der Waals surface area contributed by atoms with Crippen molar-refractivity contribution in [1.29, 1.82) is 0 Å². The molecule has 1 aromatic heterocycles. The number of rotatable bonds is 2. The molecule has 0 bridgehead atoms. The lowest BCUT2D eigenvalue weighted by Crippen LogP contribution is -1.92. The maximum absolute atomic E-state index is 11.5. The highest BCUT2D eigenvalue weighted by molar-refractivity contribution is 7.13. The molecule has 1 nitrogen and oxygen atoms in total. The summed E-state index contributed by atoms with van der Waals surface area (Å²) in [5.74, 6) is 0.242. The van der Waals surface area contributed by atoms with Crippen LogP contribution in [0.15, 0.2) is 29.6 Å². The quantitative estimate of drug-likeness (QED) is 0.662. The number of hydrogen-bond acceptors (Lipinski definition) is 2. The van der Waals surface area contributed by atoms with Gasteiger partial charge in [0.2, 0.25) is 0 Å². The molecule has 2 aromatic rings. The van der Waals surface area contributed by atoms with Crippen molar-refractivity contribution in [1.82, 2.24) is 0 Å². The van der Waals surface area contributed by atoms with E-state index in [0.29, 0.717) is 6.42 Å². The predicted molar refractivity (Wildman–Crippen MR) is 56.4 cm³/mol. The molecule has 1 heterocycles. The third kappa shape index (κ3) is 1.38. The van der Waals surface area contributed by atoms with E-state index in [4.69, 9.17) is 0 Å². The standard InChI is InChI=1S/C11H10OS/c1-2-10(12)11-9-6-4-3-5-8(9)7-13-11/h3-7H,2H2,1H3. The molecule has 0 spiro atoms. The summed E-state index contributed by atoms with van der Waals surface area (Å²) in [5.41, 5.74) is 0. The predicted octanol–water partition coefficient (Wildman–Crippen LogP) is 3.49. The van der Waals surface area contributed by atoms with E-state index in [1.165, 1.54) is 5.39 Å². The summed E-state index contributed by atoms with van der Waals surface area (Å²) < 4.78 is 0. The first-order chi connectivity index (χ1) is 6.33. The summed E-state index contributed by atoms with van der Waals surface area (Å²) in [4.78, 5) is 12.4. The maximum atomic E-state index is 11.5. The van der Waals surface area contributed by atoms with E-state index in [0.717, 1.165) is 10.3 Å². The molecule has 0 amide bonds. The van der Waals surface area contributed by atoms with Crippen LogP contribution in [0.5, 0.6) is 0 Å². The molecule has 2 heteroatoms. The number of Topliss-reactive ketones (excluding diaryl/α,β-unsaturated/α-hetero) is 1. The number of carbonyl (C=O) groups excluding carboxylic acids is 1. The Morgan fingerprint density at radius 2 is 2.15 bits per heavy atom. The van der Waals surface area contributed by atoms with E-state index in [1.54, 1.807) is 11.3 Å². The van der Waals surface area contributed by atoms with Crippen LogP contribution in [0.4, 0.5) is 0 Å². The largest absolute Gasteiger partial charge is 0.293 e. The minimum Gasteiger partial charge on any atom is -0.293 e. The first-order valence-corrected chi connectivity index (χ1v) is 5.20. The minimum absolute atomic E-state index is 0.242. The van der Waals surface area contributed by atoms with Crippen LogP contribution in [0.25, 0.3) is 10.8 Å². The summed E-state index contributed by atoms with van der Waals surface area (Å²) in [6, 6.07) is 8.02. The first-order valence-electron chi connectivity index (χ1n) is 4.32. The summed E-state index contributed by atoms with van der Waals surface area (Å²) in [5, 5.41) is 4.31. The van der Waals surface area contributed by atoms with Crippen LogP contribution in [-0.4, -0.2) is 5.78 Å². The zero-order valence-corrected chi connectivity index (χ0v) is 8.23. The first kappa shape index (κ1) is 8.45. The van der Waals surface area contributed by atoms with Crippen molar-refractivity contribution in [3.05, 3.63) is 34.5 Å². The zero-order valence-electron chi connectivity index (χ0n) is 7.41. The van der Waals surface area contributed by atoms with Gasteiger partial charge in [0.1, 0.15) is 0 Å². The Morgan fingerprint density at radius 3 is 2.92 bits per heavy atom. The van der Waals surface area contributed by atoms with E-state index < -0.39 is 0 Å². The minimum atomic E-state index is 0.242. The summed E-state index contributed by atoms with van der Waals surface area (Å²) in [7, 11) is 0. The van der Waals surface area contributed by atoms with Crippen molar-refractivity contribution in [3.8, 4) is 0 Å². The second-order valence-corrected chi connectivity index (χ2v) is 3.81. The van der Waals surface area contributed by atoms with Crippen LogP contribution < -0.4 is 0 Å². The van der Waals surface area contributed by atoms with Gasteiger partial charge < -0.3 is 0 Å². The highest BCUT2D eigenvalue weighted by Crippen LogP contribution is 2.26. The lowest BCUT2D eigenvalue weighted by atomic mass is 10.1. The van der Waals surface area contributed by atoms with E-state index in [-0.39, 0.29) is 5.78 Å². The Kier molecular flexibility index (Phi) is 2.15. The normalized spacial score (nSPS) is 10.5. The number of benzene rings is 1. The number of hydrogen-bond donors (Lipinski definition) is 0. The molecule has 0 radical (unpaired) electrons. The van der Waals surface area contributed by atoms with Crippen molar-refractivity contribution >= 4 is 27.9 Å². The molecule has 0 fully saturated rings. The molecule has 1 aromatic carbocycles. The van der Waals surface area contributed by atoms with E-state index in [1.807, 2.05) is 36.6 Å². The van der Waals surface area contributed by atoms with Crippen LogP contribution in [0.3, 0.4) is 0 Å². The molecule has 0 N–H and O–H groups in total. The average Bonchev–Trinajstić information content (AvgIpc) is 2.60. The molecule has 0 aliphatic rings. The van der Waals surface area contributed by atoms with Crippen LogP contribution in [-0.2, 0) is 0 Å². The van der Waals surface area contributed by atoms with Crippen molar-refractivity contribution in [2.45, 2.75) is 13.3 Å². The highest BCUT2D eigenvalue weighted by atomic mass is 32.1. The second-order valence-electron chi connectivity index (χ2n) is 2.93. The van der Waals surface area contributed by atoms with Crippen LogP contribution in [0, 0.1) is 0 Å². The van der Waals surface area contributed by atoms with Crippen LogP contribution >= 0.6 is 11.3 Å². The van der Waals surface area contributed by atoms with Gasteiger partial charge in [-0.2, -0.15) is 0 Å². The van der Waals surface area contributed by atoms with Crippen LogP contribution in [0.1, 0.15) is 23.0 Å². The number of ketones is 1. The van der Waals surface area contributed by atoms with Gasteiger partial charge in [0.15, 0.2) is 5.78 Å². The molecule has 0 unspecified atom stereocenters. The van der Waals surface area contributed by atoms with Gasteiger partial charge in [-0.05, 0) is 10.8 Å². The van der Waals surface area contributed by atoms with Gasteiger partial charge >= 0.3 is 0 Å². The number of carbonyl (C=O) groups is 1. The number of thiophene rings is 1. The molecule has 0 aliphatic heterocycles. The fourth-order valence-electron chi connectivity index (χ4n) is 1.37. The van der Waals surface area contributed by atoms with E-state index >= 15 is 0 Å².